The molecule has 1 aromatic carbocycles. The number of hydrogen-bond acceptors (Lipinski definition) is 6. The summed E-state index contributed by atoms with van der Waals surface area (Å²) in [6.07, 6.45) is 4.49. The highest BCUT2D eigenvalue weighted by atomic mass is 16.5. The van der Waals surface area contributed by atoms with Gasteiger partial charge in [0, 0.05) is 0 Å². The first-order valence-electron chi connectivity index (χ1n) is 5.43. The van der Waals surface area contributed by atoms with Crippen molar-refractivity contribution in [3.63, 3.8) is 0 Å². The minimum atomic E-state index is -0.936. The average molecular weight is 246 g/mol. The highest BCUT2D eigenvalue weighted by Gasteiger charge is 2.37. The Kier molecular flexibility index (Phi) is 2.22. The Balaban J connectivity index is 2.19. The molecule has 0 spiro atoms. The van der Waals surface area contributed by atoms with E-state index >= 15 is 0 Å². The third-order valence-electron chi connectivity index (χ3n) is 3.18. The quantitative estimate of drug-likeness (QED) is 0.710. The summed E-state index contributed by atoms with van der Waals surface area (Å²) in [5.41, 5.74) is -0.00500. The Labute approximate surface area is 103 Å². The lowest BCUT2D eigenvalue weighted by molar-refractivity contribution is -0.267. The maximum absolute atomic E-state index is 12.2. The average Bonchev–Trinajstić information content (AvgIpc) is 2.35. The third kappa shape index (κ3) is 1.30. The van der Waals surface area contributed by atoms with E-state index in [1.54, 1.807) is 6.08 Å². The van der Waals surface area contributed by atoms with E-state index in [2.05, 4.69) is 0 Å². The fourth-order valence-corrected chi connectivity index (χ4v) is 2.34. The standard InChI is InChI=1S/C12H11N2O4/c15-9-5-1-3-7-11(9)14(18)8-4-2-6-10(16)12(8)13(7)17/h1-7,11,15-17H/q-1/p-1. The van der Waals surface area contributed by atoms with Gasteiger partial charge in [-0.05, 0) is 12.1 Å². The van der Waals surface area contributed by atoms with Crippen LogP contribution in [0.5, 0.6) is 5.75 Å². The molecule has 6 heteroatoms. The van der Waals surface area contributed by atoms with Crippen molar-refractivity contribution in [2.75, 3.05) is 10.1 Å². The number of aliphatic hydroxyl groups excluding tert-OH is 1. The van der Waals surface area contributed by atoms with Crippen LogP contribution in [0.2, 0.25) is 0 Å². The highest BCUT2D eigenvalue weighted by Crippen LogP contribution is 2.43. The summed E-state index contributed by atoms with van der Waals surface area (Å²) < 4.78 is 0. The van der Waals surface area contributed by atoms with Gasteiger partial charge in [0.1, 0.15) is 17.8 Å². The fourth-order valence-electron chi connectivity index (χ4n) is 2.34. The van der Waals surface area contributed by atoms with Crippen molar-refractivity contribution in [1.29, 1.82) is 0 Å². The number of aliphatic hydroxyl groups is 1. The molecule has 2 unspecified atom stereocenters. The van der Waals surface area contributed by atoms with Gasteiger partial charge in [-0.2, -0.15) is 0 Å². The molecule has 18 heavy (non-hydrogen) atoms. The summed E-state index contributed by atoms with van der Waals surface area (Å²) in [7, 11) is 0. The van der Waals surface area contributed by atoms with Crippen LogP contribution in [-0.4, -0.2) is 22.4 Å². The second-order valence-corrected chi connectivity index (χ2v) is 4.21. The first-order valence-corrected chi connectivity index (χ1v) is 5.43. The first-order chi connectivity index (χ1) is 8.61. The van der Waals surface area contributed by atoms with Crippen LogP contribution in [0.25, 0.3) is 0 Å². The summed E-state index contributed by atoms with van der Waals surface area (Å²) >= 11 is 0. The Bertz CT molecular complexity index is 555. The molecule has 1 heterocycles. The Morgan fingerprint density at radius 2 is 2.06 bits per heavy atom. The Morgan fingerprint density at radius 1 is 1.28 bits per heavy atom. The van der Waals surface area contributed by atoms with Crippen molar-refractivity contribution in [2.45, 2.75) is 12.1 Å². The van der Waals surface area contributed by atoms with Crippen LogP contribution in [0.4, 0.5) is 11.4 Å². The molecule has 0 amide bonds. The molecule has 2 atom stereocenters. The topological polar surface area (TPSA) is 93.1 Å². The van der Waals surface area contributed by atoms with Crippen LogP contribution >= 0.6 is 0 Å². The van der Waals surface area contributed by atoms with Crippen LogP contribution in [-0.2, 0) is 0 Å². The van der Waals surface area contributed by atoms with Crippen molar-refractivity contribution >= 4 is 11.4 Å². The van der Waals surface area contributed by atoms with Gasteiger partial charge in [0.25, 0.3) is 0 Å². The predicted octanol–water partition coefficient (Wildman–Crippen LogP) is 1.02. The van der Waals surface area contributed by atoms with Crippen molar-refractivity contribution in [2.24, 2.45) is 0 Å². The van der Waals surface area contributed by atoms with E-state index in [1.807, 2.05) is 0 Å². The molecule has 0 fully saturated rings. The monoisotopic (exact) mass is 246 g/mol. The number of para-hydroxylation sites is 1. The molecule has 2 N–H and O–H groups in total. The third-order valence-corrected chi connectivity index (χ3v) is 3.18. The summed E-state index contributed by atoms with van der Waals surface area (Å²) in [5, 5.41) is 45.0. The van der Waals surface area contributed by atoms with Crippen molar-refractivity contribution in [3.05, 3.63) is 47.4 Å². The maximum atomic E-state index is 12.2. The molecule has 1 aromatic rings. The molecule has 94 valence electrons. The number of nitrogens with zero attached hydrogens (tertiary/aromatic N) is 2. The largest absolute Gasteiger partial charge is 0.871 e. The molecule has 0 aromatic heterocycles. The van der Waals surface area contributed by atoms with Gasteiger partial charge in [0.05, 0.1) is 11.4 Å². The van der Waals surface area contributed by atoms with Crippen LogP contribution in [0.15, 0.2) is 42.2 Å². The SMILES string of the molecule is [O-]c1cccc2c1N(O)C1C=CC=C(O)C1N2[O-]. The van der Waals surface area contributed by atoms with Gasteiger partial charge < -0.3 is 20.5 Å². The number of rotatable bonds is 0. The maximum Gasteiger partial charge on any atom is 0.116 e. The molecule has 1 aliphatic carbocycles. The normalized spacial score (nSPS) is 25.6. The van der Waals surface area contributed by atoms with Gasteiger partial charge in [-0.25, -0.2) is 5.06 Å². The van der Waals surface area contributed by atoms with E-state index in [0.29, 0.717) is 5.06 Å². The first kappa shape index (κ1) is 10.9. The lowest BCUT2D eigenvalue weighted by atomic mass is 9.96. The van der Waals surface area contributed by atoms with Crippen molar-refractivity contribution in [1.82, 2.24) is 0 Å². The number of allylic oxidation sites excluding steroid dienone is 2. The Hall–Kier alpha value is -2.18. The molecule has 0 bridgehead atoms. The molecular weight excluding hydrogens is 236 g/mol. The van der Waals surface area contributed by atoms with E-state index in [4.69, 9.17) is 0 Å². The van der Waals surface area contributed by atoms with Gasteiger partial charge >= 0.3 is 0 Å². The fraction of sp³-hybridized carbons (Fsp3) is 0.167. The number of hydrogen-bond donors (Lipinski definition) is 2. The zero-order chi connectivity index (χ0) is 12.9. The van der Waals surface area contributed by atoms with Gasteiger partial charge in [-0.15, -0.1) is 0 Å². The molecule has 6 nitrogen and oxygen atoms in total. The second-order valence-electron chi connectivity index (χ2n) is 4.21. The predicted molar refractivity (Wildman–Crippen MR) is 63.4 cm³/mol. The van der Waals surface area contributed by atoms with E-state index in [0.717, 1.165) is 5.06 Å². The molecule has 0 saturated heterocycles. The van der Waals surface area contributed by atoms with E-state index in [-0.39, 0.29) is 17.1 Å². The summed E-state index contributed by atoms with van der Waals surface area (Å²) in [6, 6.07) is 2.46. The van der Waals surface area contributed by atoms with Crippen LogP contribution in [0, 0.1) is 5.21 Å². The summed E-state index contributed by atoms with van der Waals surface area (Å²) in [4.78, 5) is 0. The molecule has 2 aliphatic rings. The van der Waals surface area contributed by atoms with E-state index in [1.165, 1.54) is 30.4 Å². The number of fused-ring (bicyclic) bond motifs is 2. The smallest absolute Gasteiger partial charge is 0.116 e. The van der Waals surface area contributed by atoms with E-state index < -0.39 is 17.8 Å². The zero-order valence-electron chi connectivity index (χ0n) is 9.22. The minimum absolute atomic E-state index is 0.0569. The summed E-state index contributed by atoms with van der Waals surface area (Å²) in [5.74, 6) is -0.574. The van der Waals surface area contributed by atoms with Gasteiger partial charge in [-0.3, -0.25) is 5.21 Å². The molecule has 3 rings (SSSR count). The molecule has 0 radical (unpaired) electrons. The van der Waals surface area contributed by atoms with Gasteiger partial charge in [-0.1, -0.05) is 30.0 Å². The minimum Gasteiger partial charge on any atom is -0.871 e. The molecule has 0 saturated carbocycles. The van der Waals surface area contributed by atoms with Gasteiger partial charge in [0.15, 0.2) is 0 Å². The van der Waals surface area contributed by atoms with Gasteiger partial charge in [0.2, 0.25) is 0 Å². The number of anilines is 2. The lowest BCUT2D eigenvalue weighted by Gasteiger charge is -2.51. The van der Waals surface area contributed by atoms with Crippen LogP contribution < -0.4 is 15.2 Å². The number of benzene rings is 1. The molecule has 1 aliphatic heterocycles. The molecular formula is C12H10N2O4-2. The van der Waals surface area contributed by atoms with Crippen molar-refractivity contribution < 1.29 is 15.4 Å². The van der Waals surface area contributed by atoms with Crippen molar-refractivity contribution in [3.8, 4) is 5.75 Å². The zero-order valence-corrected chi connectivity index (χ0v) is 9.22. The Morgan fingerprint density at radius 3 is 2.83 bits per heavy atom. The van der Waals surface area contributed by atoms with E-state index in [9.17, 15) is 20.6 Å². The summed E-state index contributed by atoms with van der Waals surface area (Å²) in [6.45, 7) is 0. The second kappa shape index (κ2) is 3.66. The lowest BCUT2D eigenvalue weighted by Crippen LogP contribution is -2.54. The number of hydroxylamine groups is 2. The van der Waals surface area contributed by atoms with Crippen LogP contribution in [0.3, 0.4) is 0 Å². The highest BCUT2D eigenvalue weighted by molar-refractivity contribution is 5.80. The van der Waals surface area contributed by atoms with Crippen LogP contribution in [0.1, 0.15) is 0 Å².